The second-order valence-electron chi connectivity index (χ2n) is 3.95. The number of allylic oxidation sites excluding steroid dienone is 1. The van der Waals surface area contributed by atoms with E-state index in [9.17, 15) is 0 Å². The van der Waals surface area contributed by atoms with Crippen LogP contribution in [0.1, 0.15) is 39.5 Å². The Kier molecular flexibility index (Phi) is 3.80. The number of hydrogen-bond donors (Lipinski definition) is 1. The molecule has 1 N–H and O–H groups in total. The lowest BCUT2D eigenvalue weighted by Crippen LogP contribution is -2.23. The average Bonchev–Trinajstić information content (AvgIpc) is 2.81. The van der Waals surface area contributed by atoms with Crippen molar-refractivity contribution < 1.29 is 0 Å². The van der Waals surface area contributed by atoms with Gasteiger partial charge < -0.3 is 5.32 Å². The maximum atomic E-state index is 3.49. The molecule has 0 radical (unpaired) electrons. The molecule has 1 nitrogen and oxygen atoms in total. The standard InChI is InChI=1S/C11H21N/c1-3-5-9-12-10-11(6-4-2)7-8-11/h3,5,12H,4,6-10H2,1-2H3/b5-3+. The van der Waals surface area contributed by atoms with Gasteiger partial charge in [0, 0.05) is 13.1 Å². The van der Waals surface area contributed by atoms with Gasteiger partial charge in [-0.3, -0.25) is 0 Å². The van der Waals surface area contributed by atoms with Crippen LogP contribution in [0.15, 0.2) is 12.2 Å². The second kappa shape index (κ2) is 4.66. The van der Waals surface area contributed by atoms with E-state index in [0.29, 0.717) is 5.41 Å². The molecule has 1 fully saturated rings. The van der Waals surface area contributed by atoms with Gasteiger partial charge in [-0.2, -0.15) is 0 Å². The molecule has 0 aromatic carbocycles. The minimum Gasteiger partial charge on any atom is -0.313 e. The molecule has 70 valence electrons. The van der Waals surface area contributed by atoms with E-state index in [1.54, 1.807) is 0 Å². The third-order valence-electron chi connectivity index (χ3n) is 2.74. The third-order valence-corrected chi connectivity index (χ3v) is 2.74. The van der Waals surface area contributed by atoms with Crippen molar-refractivity contribution in [2.45, 2.75) is 39.5 Å². The Labute approximate surface area is 76.2 Å². The van der Waals surface area contributed by atoms with Crippen LogP contribution in [-0.4, -0.2) is 13.1 Å². The van der Waals surface area contributed by atoms with Crippen LogP contribution in [-0.2, 0) is 0 Å². The van der Waals surface area contributed by atoms with Gasteiger partial charge in [-0.25, -0.2) is 0 Å². The predicted octanol–water partition coefficient (Wildman–Crippen LogP) is 2.73. The lowest BCUT2D eigenvalue weighted by Gasteiger charge is -2.13. The van der Waals surface area contributed by atoms with Crippen molar-refractivity contribution in [3.63, 3.8) is 0 Å². The maximum Gasteiger partial charge on any atom is 0.0135 e. The van der Waals surface area contributed by atoms with Crippen LogP contribution < -0.4 is 5.32 Å². The van der Waals surface area contributed by atoms with Gasteiger partial charge in [0.2, 0.25) is 0 Å². The smallest absolute Gasteiger partial charge is 0.0135 e. The van der Waals surface area contributed by atoms with Crippen LogP contribution >= 0.6 is 0 Å². The Morgan fingerprint density at radius 3 is 2.67 bits per heavy atom. The molecule has 1 saturated carbocycles. The molecule has 0 aromatic heterocycles. The molecule has 1 rings (SSSR count). The van der Waals surface area contributed by atoms with Gasteiger partial charge in [0.15, 0.2) is 0 Å². The molecule has 1 aliphatic carbocycles. The monoisotopic (exact) mass is 167 g/mol. The van der Waals surface area contributed by atoms with Crippen molar-refractivity contribution in [3.8, 4) is 0 Å². The summed E-state index contributed by atoms with van der Waals surface area (Å²) >= 11 is 0. The van der Waals surface area contributed by atoms with Gasteiger partial charge in [0.1, 0.15) is 0 Å². The highest BCUT2D eigenvalue weighted by molar-refractivity contribution is 4.95. The third kappa shape index (κ3) is 2.98. The van der Waals surface area contributed by atoms with E-state index in [2.05, 4.69) is 31.3 Å². The van der Waals surface area contributed by atoms with Crippen molar-refractivity contribution in [2.24, 2.45) is 5.41 Å². The summed E-state index contributed by atoms with van der Waals surface area (Å²) in [6, 6.07) is 0. The van der Waals surface area contributed by atoms with Crippen molar-refractivity contribution in [1.82, 2.24) is 5.32 Å². The van der Waals surface area contributed by atoms with Gasteiger partial charge in [0.05, 0.1) is 0 Å². The molecule has 0 aliphatic heterocycles. The highest BCUT2D eigenvalue weighted by atomic mass is 14.9. The van der Waals surface area contributed by atoms with E-state index in [0.717, 1.165) is 6.54 Å². The zero-order chi connectivity index (χ0) is 8.86. The largest absolute Gasteiger partial charge is 0.313 e. The first-order chi connectivity index (χ1) is 5.83. The quantitative estimate of drug-likeness (QED) is 0.474. The van der Waals surface area contributed by atoms with Crippen LogP contribution in [0.5, 0.6) is 0 Å². The van der Waals surface area contributed by atoms with E-state index in [1.165, 1.54) is 32.2 Å². The molecule has 0 bridgehead atoms. The van der Waals surface area contributed by atoms with E-state index < -0.39 is 0 Å². The van der Waals surface area contributed by atoms with Crippen LogP contribution in [0.4, 0.5) is 0 Å². The maximum absolute atomic E-state index is 3.49. The number of rotatable bonds is 6. The molecule has 0 aromatic rings. The molecule has 0 unspecified atom stereocenters. The van der Waals surface area contributed by atoms with Crippen LogP contribution in [0.3, 0.4) is 0 Å². The van der Waals surface area contributed by atoms with Crippen molar-refractivity contribution in [2.75, 3.05) is 13.1 Å². The van der Waals surface area contributed by atoms with Gasteiger partial charge in [-0.1, -0.05) is 25.5 Å². The zero-order valence-corrected chi connectivity index (χ0v) is 8.40. The minimum absolute atomic E-state index is 0.705. The Morgan fingerprint density at radius 1 is 1.42 bits per heavy atom. The minimum atomic E-state index is 0.705. The van der Waals surface area contributed by atoms with Crippen LogP contribution in [0.2, 0.25) is 0 Å². The molecule has 12 heavy (non-hydrogen) atoms. The first-order valence-corrected chi connectivity index (χ1v) is 5.15. The van der Waals surface area contributed by atoms with E-state index >= 15 is 0 Å². The average molecular weight is 167 g/mol. The summed E-state index contributed by atoms with van der Waals surface area (Å²) in [6.07, 6.45) is 9.93. The first kappa shape index (κ1) is 9.79. The number of hydrogen-bond acceptors (Lipinski definition) is 1. The lowest BCUT2D eigenvalue weighted by molar-refractivity contribution is 0.431. The molecule has 1 heteroatoms. The summed E-state index contributed by atoms with van der Waals surface area (Å²) < 4.78 is 0. The number of nitrogens with one attached hydrogen (secondary N) is 1. The SMILES string of the molecule is C/C=C/CNCC1(CCC)CC1. The normalized spacial score (nSPS) is 20.2. The zero-order valence-electron chi connectivity index (χ0n) is 8.40. The molecular weight excluding hydrogens is 146 g/mol. The van der Waals surface area contributed by atoms with Gasteiger partial charge in [-0.05, 0) is 31.6 Å². The molecular formula is C11H21N. The molecule has 0 spiro atoms. The fraction of sp³-hybridized carbons (Fsp3) is 0.818. The van der Waals surface area contributed by atoms with Crippen LogP contribution in [0, 0.1) is 5.41 Å². The van der Waals surface area contributed by atoms with Crippen molar-refractivity contribution >= 4 is 0 Å². The fourth-order valence-electron chi connectivity index (χ4n) is 1.76. The van der Waals surface area contributed by atoms with E-state index in [4.69, 9.17) is 0 Å². The molecule has 0 saturated heterocycles. The second-order valence-corrected chi connectivity index (χ2v) is 3.95. The summed E-state index contributed by atoms with van der Waals surface area (Å²) in [7, 11) is 0. The van der Waals surface area contributed by atoms with Crippen molar-refractivity contribution in [3.05, 3.63) is 12.2 Å². The molecule has 1 aliphatic rings. The molecule has 0 atom stereocenters. The molecule has 0 amide bonds. The first-order valence-electron chi connectivity index (χ1n) is 5.15. The fourth-order valence-corrected chi connectivity index (χ4v) is 1.76. The molecule has 0 heterocycles. The Hall–Kier alpha value is -0.300. The summed E-state index contributed by atoms with van der Waals surface area (Å²) in [5.74, 6) is 0. The van der Waals surface area contributed by atoms with E-state index in [1.807, 2.05) is 0 Å². The van der Waals surface area contributed by atoms with Gasteiger partial charge in [-0.15, -0.1) is 0 Å². The summed E-state index contributed by atoms with van der Waals surface area (Å²) in [4.78, 5) is 0. The lowest BCUT2D eigenvalue weighted by atomic mass is 10.0. The van der Waals surface area contributed by atoms with Crippen molar-refractivity contribution in [1.29, 1.82) is 0 Å². The Balaban J connectivity index is 2.05. The highest BCUT2D eigenvalue weighted by Gasteiger charge is 2.40. The van der Waals surface area contributed by atoms with E-state index in [-0.39, 0.29) is 0 Å². The van der Waals surface area contributed by atoms with Crippen LogP contribution in [0.25, 0.3) is 0 Å². The van der Waals surface area contributed by atoms with Gasteiger partial charge in [0.25, 0.3) is 0 Å². The highest BCUT2D eigenvalue weighted by Crippen LogP contribution is 2.48. The topological polar surface area (TPSA) is 12.0 Å². The Morgan fingerprint density at radius 2 is 2.17 bits per heavy atom. The predicted molar refractivity (Wildman–Crippen MR) is 54.3 cm³/mol. The summed E-state index contributed by atoms with van der Waals surface area (Å²) in [5.41, 5.74) is 0.705. The van der Waals surface area contributed by atoms with Gasteiger partial charge >= 0.3 is 0 Å². The summed E-state index contributed by atoms with van der Waals surface area (Å²) in [5, 5.41) is 3.49. The summed E-state index contributed by atoms with van der Waals surface area (Å²) in [6.45, 7) is 6.62. The Bertz CT molecular complexity index is 145.